The van der Waals surface area contributed by atoms with E-state index in [9.17, 15) is 4.79 Å². The molecule has 2 rings (SSSR count). The molecule has 26 heavy (non-hydrogen) atoms. The Morgan fingerprint density at radius 3 is 2.69 bits per heavy atom. The normalized spacial score (nSPS) is 20.7. The summed E-state index contributed by atoms with van der Waals surface area (Å²) in [5.74, 6) is 0.964. The zero-order chi connectivity index (χ0) is 18.8. The summed E-state index contributed by atoms with van der Waals surface area (Å²) in [5.41, 5.74) is 2.25. The first-order valence-electron chi connectivity index (χ1n) is 10.1. The number of ketones is 1. The first kappa shape index (κ1) is 20.9. The molecule has 1 heterocycles. The van der Waals surface area contributed by atoms with Crippen molar-refractivity contribution < 1.29 is 14.3 Å². The van der Waals surface area contributed by atoms with Crippen molar-refractivity contribution in [3.63, 3.8) is 0 Å². The van der Waals surface area contributed by atoms with E-state index in [0.29, 0.717) is 13.0 Å². The summed E-state index contributed by atoms with van der Waals surface area (Å²) in [7, 11) is 0. The summed E-state index contributed by atoms with van der Waals surface area (Å²) in [6.45, 7) is 7.37. The van der Waals surface area contributed by atoms with Gasteiger partial charge in [0.15, 0.2) is 12.1 Å². The summed E-state index contributed by atoms with van der Waals surface area (Å²) in [6, 6.07) is 9.46. The summed E-state index contributed by atoms with van der Waals surface area (Å²) in [6.07, 6.45) is 9.13. The summed E-state index contributed by atoms with van der Waals surface area (Å²) < 4.78 is 11.7. The van der Waals surface area contributed by atoms with Crippen molar-refractivity contribution in [2.24, 2.45) is 5.92 Å². The van der Waals surface area contributed by atoms with Crippen molar-refractivity contribution in [3.05, 3.63) is 47.5 Å². The number of carbonyl (C=O) groups excluding carboxylic acids is 1. The van der Waals surface area contributed by atoms with Crippen molar-refractivity contribution in [2.75, 3.05) is 6.61 Å². The Bertz CT molecular complexity index is 562. The smallest absolute Gasteiger partial charge is 0.162 e. The molecule has 1 saturated heterocycles. The van der Waals surface area contributed by atoms with E-state index in [1.165, 1.54) is 24.8 Å². The molecular weight excluding hydrogens is 324 g/mol. The molecule has 0 saturated carbocycles. The Morgan fingerprint density at radius 1 is 1.19 bits per heavy atom. The van der Waals surface area contributed by atoms with Gasteiger partial charge in [0.1, 0.15) is 0 Å². The van der Waals surface area contributed by atoms with Gasteiger partial charge >= 0.3 is 0 Å². The van der Waals surface area contributed by atoms with Crippen LogP contribution in [-0.4, -0.2) is 24.8 Å². The fourth-order valence-corrected chi connectivity index (χ4v) is 3.23. The van der Waals surface area contributed by atoms with Crippen LogP contribution in [0.5, 0.6) is 0 Å². The first-order chi connectivity index (χ1) is 12.5. The van der Waals surface area contributed by atoms with Gasteiger partial charge in [-0.15, -0.1) is 0 Å². The van der Waals surface area contributed by atoms with E-state index >= 15 is 0 Å². The summed E-state index contributed by atoms with van der Waals surface area (Å²) in [5, 5.41) is 0. The molecule has 0 aromatic heterocycles. The molecule has 3 nitrogen and oxygen atoms in total. The quantitative estimate of drug-likeness (QED) is 0.362. The standard InChI is InChI=1S/C23H34O3/c1-18(2)9-7-10-19(3)11-8-14-23-25-17-21(26-23)15-16-22(24)20-12-5-4-6-13-20/h4-6,11-13,18,21,23H,7-10,14-17H2,1-3H3. The van der Waals surface area contributed by atoms with Crippen LogP contribution >= 0.6 is 0 Å². The second-order valence-corrected chi connectivity index (χ2v) is 7.76. The van der Waals surface area contributed by atoms with Crippen LogP contribution in [0.25, 0.3) is 0 Å². The number of rotatable bonds is 11. The minimum absolute atomic E-state index is 0.0452. The van der Waals surface area contributed by atoms with Gasteiger partial charge in [-0.1, -0.05) is 62.2 Å². The third-order valence-electron chi connectivity index (χ3n) is 4.85. The Morgan fingerprint density at radius 2 is 1.96 bits per heavy atom. The third-order valence-corrected chi connectivity index (χ3v) is 4.85. The molecule has 144 valence electrons. The van der Waals surface area contributed by atoms with Crippen LogP contribution in [0.15, 0.2) is 42.0 Å². The highest BCUT2D eigenvalue weighted by molar-refractivity contribution is 5.95. The largest absolute Gasteiger partial charge is 0.350 e. The van der Waals surface area contributed by atoms with E-state index in [0.717, 1.165) is 30.7 Å². The topological polar surface area (TPSA) is 35.5 Å². The van der Waals surface area contributed by atoms with Crippen molar-refractivity contribution in [3.8, 4) is 0 Å². The zero-order valence-electron chi connectivity index (χ0n) is 16.6. The number of benzene rings is 1. The molecule has 0 bridgehead atoms. The van der Waals surface area contributed by atoms with E-state index in [1.54, 1.807) is 0 Å². The highest BCUT2D eigenvalue weighted by Gasteiger charge is 2.25. The van der Waals surface area contributed by atoms with Crippen molar-refractivity contribution in [2.45, 2.75) is 78.1 Å². The lowest BCUT2D eigenvalue weighted by molar-refractivity contribution is -0.0620. The number of allylic oxidation sites excluding steroid dienone is 2. The minimum Gasteiger partial charge on any atom is -0.350 e. The maximum atomic E-state index is 12.2. The van der Waals surface area contributed by atoms with E-state index in [1.807, 2.05) is 30.3 Å². The number of hydrogen-bond acceptors (Lipinski definition) is 3. The van der Waals surface area contributed by atoms with Crippen molar-refractivity contribution >= 4 is 5.78 Å². The molecule has 1 aromatic rings. The second kappa shape index (κ2) is 11.3. The Hall–Kier alpha value is -1.45. The van der Waals surface area contributed by atoms with Gasteiger partial charge in [-0.05, 0) is 38.5 Å². The van der Waals surface area contributed by atoms with Gasteiger partial charge in [0, 0.05) is 18.4 Å². The van der Waals surface area contributed by atoms with Crippen molar-refractivity contribution in [1.29, 1.82) is 0 Å². The lowest BCUT2D eigenvalue weighted by Crippen LogP contribution is -2.14. The zero-order valence-corrected chi connectivity index (χ0v) is 16.6. The molecular formula is C23H34O3. The third kappa shape index (κ3) is 7.84. The highest BCUT2D eigenvalue weighted by Crippen LogP contribution is 2.21. The Balaban J connectivity index is 1.60. The first-order valence-corrected chi connectivity index (χ1v) is 10.1. The van der Waals surface area contributed by atoms with E-state index in [2.05, 4.69) is 26.8 Å². The van der Waals surface area contributed by atoms with Crippen LogP contribution in [-0.2, 0) is 9.47 Å². The molecule has 0 aliphatic carbocycles. The van der Waals surface area contributed by atoms with Crippen LogP contribution in [0, 0.1) is 5.92 Å². The lowest BCUT2D eigenvalue weighted by atomic mass is 10.0. The lowest BCUT2D eigenvalue weighted by Gasteiger charge is -2.11. The maximum Gasteiger partial charge on any atom is 0.162 e. The monoisotopic (exact) mass is 358 g/mol. The molecule has 1 aliphatic rings. The second-order valence-electron chi connectivity index (χ2n) is 7.76. The Kier molecular flexibility index (Phi) is 9.07. The number of hydrogen-bond donors (Lipinski definition) is 0. The molecule has 1 aliphatic heterocycles. The van der Waals surface area contributed by atoms with Gasteiger partial charge in [0.2, 0.25) is 0 Å². The van der Waals surface area contributed by atoms with Gasteiger partial charge in [-0.3, -0.25) is 4.79 Å². The molecule has 0 radical (unpaired) electrons. The number of Topliss-reactive ketones (excluding diaryl/α,β-unsaturated/α-hetero) is 1. The summed E-state index contributed by atoms with van der Waals surface area (Å²) in [4.78, 5) is 12.2. The molecule has 2 atom stereocenters. The molecule has 3 heteroatoms. The molecule has 0 spiro atoms. The fourth-order valence-electron chi connectivity index (χ4n) is 3.23. The average Bonchev–Trinajstić information content (AvgIpc) is 3.08. The molecule has 2 unspecified atom stereocenters. The van der Waals surface area contributed by atoms with Crippen LogP contribution in [0.1, 0.15) is 76.1 Å². The van der Waals surface area contributed by atoms with Crippen molar-refractivity contribution in [1.82, 2.24) is 0 Å². The predicted molar refractivity (Wildman–Crippen MR) is 106 cm³/mol. The van der Waals surface area contributed by atoms with Crippen LogP contribution in [0.2, 0.25) is 0 Å². The highest BCUT2D eigenvalue weighted by atomic mass is 16.7. The molecule has 1 fully saturated rings. The van der Waals surface area contributed by atoms with Gasteiger partial charge in [0.25, 0.3) is 0 Å². The van der Waals surface area contributed by atoms with Gasteiger partial charge < -0.3 is 9.47 Å². The predicted octanol–water partition coefficient (Wildman–Crippen LogP) is 5.94. The van der Waals surface area contributed by atoms with E-state index in [4.69, 9.17) is 9.47 Å². The van der Waals surface area contributed by atoms with Crippen LogP contribution < -0.4 is 0 Å². The van der Waals surface area contributed by atoms with Crippen LogP contribution in [0.4, 0.5) is 0 Å². The molecule has 0 amide bonds. The van der Waals surface area contributed by atoms with Gasteiger partial charge in [-0.2, -0.15) is 0 Å². The SMILES string of the molecule is CC(=CCCC1OCC(CCC(=O)c2ccccc2)O1)CCCC(C)C. The summed E-state index contributed by atoms with van der Waals surface area (Å²) >= 11 is 0. The number of carbonyl (C=O) groups is 1. The minimum atomic E-state index is -0.119. The molecule has 1 aromatic carbocycles. The van der Waals surface area contributed by atoms with Gasteiger partial charge in [0.05, 0.1) is 12.7 Å². The maximum absolute atomic E-state index is 12.2. The molecule has 0 N–H and O–H groups in total. The van der Waals surface area contributed by atoms with Crippen LogP contribution in [0.3, 0.4) is 0 Å². The Labute approximate surface area is 158 Å². The van der Waals surface area contributed by atoms with Gasteiger partial charge in [-0.25, -0.2) is 0 Å². The van der Waals surface area contributed by atoms with E-state index in [-0.39, 0.29) is 18.2 Å². The van der Waals surface area contributed by atoms with E-state index < -0.39 is 0 Å². The fraction of sp³-hybridized carbons (Fsp3) is 0.609. The average molecular weight is 359 g/mol. The number of ether oxygens (including phenoxy) is 2.